The van der Waals surface area contributed by atoms with Crippen molar-refractivity contribution in [3.63, 3.8) is 0 Å². The molecule has 0 bridgehead atoms. The van der Waals surface area contributed by atoms with Gasteiger partial charge in [0.15, 0.2) is 0 Å². The zero-order valence-electron chi connectivity index (χ0n) is 18.5. The number of likely N-dealkylation sites (N-methyl/N-ethyl adjacent to an activating group) is 1. The SMILES string of the molecule is CCN(CC)C(=O)N1CCC(CN(CC)C(C)Cc2ccc(OC)cc2)CC1. The van der Waals surface area contributed by atoms with Gasteiger partial charge in [-0.1, -0.05) is 19.1 Å². The Morgan fingerprint density at radius 1 is 1.11 bits per heavy atom. The number of methoxy groups -OCH3 is 1. The zero-order valence-corrected chi connectivity index (χ0v) is 18.5. The van der Waals surface area contributed by atoms with Gasteiger partial charge in [0, 0.05) is 38.8 Å². The van der Waals surface area contributed by atoms with E-state index in [2.05, 4.69) is 44.7 Å². The molecule has 1 unspecified atom stereocenters. The molecule has 0 N–H and O–H groups in total. The minimum atomic E-state index is 0.212. The molecule has 0 aliphatic carbocycles. The lowest BCUT2D eigenvalue weighted by atomic mass is 9.95. The fourth-order valence-electron chi connectivity index (χ4n) is 4.19. The number of ether oxygens (including phenoxy) is 1. The summed E-state index contributed by atoms with van der Waals surface area (Å²) in [6.45, 7) is 14.3. The number of nitrogens with zero attached hydrogens (tertiary/aromatic N) is 3. The lowest BCUT2D eigenvalue weighted by Gasteiger charge is -2.38. The van der Waals surface area contributed by atoms with Gasteiger partial charge in [-0.25, -0.2) is 4.79 Å². The molecule has 2 amide bonds. The van der Waals surface area contributed by atoms with E-state index in [0.29, 0.717) is 12.0 Å². The van der Waals surface area contributed by atoms with Gasteiger partial charge in [-0.05, 0) is 70.2 Å². The Morgan fingerprint density at radius 2 is 1.71 bits per heavy atom. The maximum absolute atomic E-state index is 12.5. The molecule has 28 heavy (non-hydrogen) atoms. The average molecular weight is 390 g/mol. The third kappa shape index (κ3) is 6.13. The van der Waals surface area contributed by atoms with Crippen LogP contribution in [0.4, 0.5) is 4.79 Å². The van der Waals surface area contributed by atoms with Crippen LogP contribution in [-0.4, -0.2) is 73.2 Å². The maximum Gasteiger partial charge on any atom is 0.319 e. The smallest absolute Gasteiger partial charge is 0.319 e. The number of carbonyl (C=O) groups is 1. The third-order valence-corrected chi connectivity index (χ3v) is 6.13. The highest BCUT2D eigenvalue weighted by atomic mass is 16.5. The highest BCUT2D eigenvalue weighted by Gasteiger charge is 2.27. The summed E-state index contributed by atoms with van der Waals surface area (Å²) in [5, 5.41) is 0. The molecule has 1 aromatic rings. The number of likely N-dealkylation sites (tertiary alicyclic amines) is 1. The van der Waals surface area contributed by atoms with Crippen molar-refractivity contribution in [1.82, 2.24) is 14.7 Å². The molecule has 5 heteroatoms. The predicted octanol–water partition coefficient (Wildman–Crippen LogP) is 4.12. The summed E-state index contributed by atoms with van der Waals surface area (Å²) in [4.78, 5) is 19.1. The second-order valence-electron chi connectivity index (χ2n) is 7.87. The van der Waals surface area contributed by atoms with Gasteiger partial charge in [0.25, 0.3) is 0 Å². The maximum atomic E-state index is 12.5. The van der Waals surface area contributed by atoms with Gasteiger partial charge < -0.3 is 19.4 Å². The van der Waals surface area contributed by atoms with Crippen LogP contribution < -0.4 is 4.74 Å². The first-order valence-corrected chi connectivity index (χ1v) is 10.9. The molecule has 0 radical (unpaired) electrons. The molecule has 1 aromatic carbocycles. The van der Waals surface area contributed by atoms with Crippen molar-refractivity contribution in [1.29, 1.82) is 0 Å². The van der Waals surface area contributed by atoms with Crippen LogP contribution in [-0.2, 0) is 6.42 Å². The Balaban J connectivity index is 1.83. The van der Waals surface area contributed by atoms with Crippen LogP contribution in [0.15, 0.2) is 24.3 Å². The number of urea groups is 1. The number of benzene rings is 1. The number of hydrogen-bond donors (Lipinski definition) is 0. The van der Waals surface area contributed by atoms with E-state index in [4.69, 9.17) is 4.74 Å². The van der Waals surface area contributed by atoms with E-state index in [1.165, 1.54) is 5.56 Å². The van der Waals surface area contributed by atoms with Crippen LogP contribution in [0.2, 0.25) is 0 Å². The topological polar surface area (TPSA) is 36.0 Å². The molecule has 0 saturated carbocycles. The minimum absolute atomic E-state index is 0.212. The third-order valence-electron chi connectivity index (χ3n) is 6.13. The molecule has 0 spiro atoms. The molecule has 5 nitrogen and oxygen atoms in total. The summed E-state index contributed by atoms with van der Waals surface area (Å²) in [5.74, 6) is 1.59. The Morgan fingerprint density at radius 3 is 2.21 bits per heavy atom. The number of piperidine rings is 1. The van der Waals surface area contributed by atoms with E-state index in [9.17, 15) is 4.79 Å². The molecular weight excluding hydrogens is 350 g/mol. The van der Waals surface area contributed by atoms with Gasteiger partial charge in [0.1, 0.15) is 5.75 Å². The van der Waals surface area contributed by atoms with Gasteiger partial charge in [-0.2, -0.15) is 0 Å². The monoisotopic (exact) mass is 389 g/mol. The van der Waals surface area contributed by atoms with E-state index < -0.39 is 0 Å². The fourth-order valence-corrected chi connectivity index (χ4v) is 4.19. The van der Waals surface area contributed by atoms with Crippen molar-refractivity contribution in [2.24, 2.45) is 5.92 Å². The van der Waals surface area contributed by atoms with Crippen molar-refractivity contribution < 1.29 is 9.53 Å². The van der Waals surface area contributed by atoms with E-state index in [1.807, 2.05) is 21.9 Å². The number of amides is 2. The molecule has 1 aliphatic rings. The van der Waals surface area contributed by atoms with Gasteiger partial charge in [-0.15, -0.1) is 0 Å². The van der Waals surface area contributed by atoms with Crippen LogP contribution in [0.5, 0.6) is 5.75 Å². The Hall–Kier alpha value is -1.75. The minimum Gasteiger partial charge on any atom is -0.497 e. The van der Waals surface area contributed by atoms with Crippen LogP contribution in [0.3, 0.4) is 0 Å². The fraction of sp³-hybridized carbons (Fsp3) is 0.696. The summed E-state index contributed by atoms with van der Waals surface area (Å²) < 4.78 is 5.26. The average Bonchev–Trinajstić information content (AvgIpc) is 2.73. The molecular formula is C23H39N3O2. The number of carbonyl (C=O) groups excluding carboxylic acids is 1. The van der Waals surface area contributed by atoms with Crippen LogP contribution in [0.1, 0.15) is 46.1 Å². The Bertz CT molecular complexity index is 578. The van der Waals surface area contributed by atoms with Crippen molar-refractivity contribution in [3.05, 3.63) is 29.8 Å². The van der Waals surface area contributed by atoms with Gasteiger partial charge in [0.2, 0.25) is 0 Å². The highest BCUT2D eigenvalue weighted by Crippen LogP contribution is 2.22. The lowest BCUT2D eigenvalue weighted by Crippen LogP contribution is -2.48. The first-order valence-electron chi connectivity index (χ1n) is 10.9. The van der Waals surface area contributed by atoms with Gasteiger partial charge >= 0.3 is 6.03 Å². The van der Waals surface area contributed by atoms with Crippen molar-refractivity contribution in [2.75, 3.05) is 46.4 Å². The van der Waals surface area contributed by atoms with Crippen molar-refractivity contribution in [3.8, 4) is 5.75 Å². The largest absolute Gasteiger partial charge is 0.497 e. The second-order valence-corrected chi connectivity index (χ2v) is 7.87. The molecule has 0 aromatic heterocycles. The van der Waals surface area contributed by atoms with Crippen LogP contribution in [0, 0.1) is 5.92 Å². The van der Waals surface area contributed by atoms with E-state index >= 15 is 0 Å². The summed E-state index contributed by atoms with van der Waals surface area (Å²) in [7, 11) is 1.71. The molecule has 1 heterocycles. The van der Waals surface area contributed by atoms with Gasteiger partial charge in [-0.3, -0.25) is 0 Å². The molecule has 1 fully saturated rings. The summed E-state index contributed by atoms with van der Waals surface area (Å²) in [6, 6.07) is 9.14. The van der Waals surface area contributed by atoms with E-state index in [-0.39, 0.29) is 6.03 Å². The van der Waals surface area contributed by atoms with Crippen molar-refractivity contribution in [2.45, 2.75) is 53.0 Å². The summed E-state index contributed by atoms with van der Waals surface area (Å²) in [5.41, 5.74) is 1.35. The van der Waals surface area contributed by atoms with Crippen LogP contribution in [0.25, 0.3) is 0 Å². The quantitative estimate of drug-likeness (QED) is 0.637. The standard InChI is InChI=1S/C23H39N3O2/c1-6-24(7-2)23(27)26-15-13-21(14-16-26)18-25(8-3)19(4)17-20-9-11-22(28-5)12-10-20/h9-12,19,21H,6-8,13-18H2,1-5H3. The highest BCUT2D eigenvalue weighted by molar-refractivity contribution is 5.74. The van der Waals surface area contributed by atoms with E-state index in [1.54, 1.807) is 7.11 Å². The number of rotatable bonds is 9. The van der Waals surface area contributed by atoms with Crippen LogP contribution >= 0.6 is 0 Å². The Kier molecular flexibility index (Phi) is 9.10. The molecule has 1 saturated heterocycles. The van der Waals surface area contributed by atoms with Gasteiger partial charge in [0.05, 0.1) is 7.11 Å². The molecule has 158 valence electrons. The first kappa shape index (κ1) is 22.5. The van der Waals surface area contributed by atoms with Crippen molar-refractivity contribution >= 4 is 6.03 Å². The molecule has 2 rings (SSSR count). The second kappa shape index (κ2) is 11.3. The normalized spacial score (nSPS) is 16.3. The van der Waals surface area contributed by atoms with E-state index in [0.717, 1.165) is 64.3 Å². The lowest BCUT2D eigenvalue weighted by molar-refractivity contribution is 0.114. The molecule has 1 aliphatic heterocycles. The number of hydrogen-bond acceptors (Lipinski definition) is 3. The molecule has 1 atom stereocenters. The summed E-state index contributed by atoms with van der Waals surface area (Å²) >= 11 is 0. The predicted molar refractivity (Wildman–Crippen MR) is 116 cm³/mol. The summed E-state index contributed by atoms with van der Waals surface area (Å²) in [6.07, 6.45) is 3.27. The first-order chi connectivity index (χ1) is 13.5. The zero-order chi connectivity index (χ0) is 20.5. The Labute approximate surface area is 171 Å².